The molecule has 1 saturated heterocycles. The first-order chi connectivity index (χ1) is 8.08. The van der Waals surface area contributed by atoms with Gasteiger partial charge < -0.3 is 10.6 Å². The van der Waals surface area contributed by atoms with Crippen LogP contribution in [0.25, 0.3) is 0 Å². The van der Waals surface area contributed by atoms with E-state index in [0.29, 0.717) is 5.92 Å². The molecule has 1 aromatic heterocycles. The number of halogens is 2. The topological polar surface area (TPSA) is 46.3 Å². The van der Waals surface area contributed by atoms with E-state index in [-0.39, 0.29) is 24.4 Å². The lowest BCUT2D eigenvalue weighted by molar-refractivity contribution is 0.0681. The number of piperidine rings is 1. The first-order valence-electron chi connectivity index (χ1n) is 5.87. The second kappa shape index (κ2) is 6.89. The number of likely N-dealkylation sites (tertiary alicyclic amines) is 1. The highest BCUT2D eigenvalue weighted by molar-refractivity contribution is 9.11. The van der Waals surface area contributed by atoms with Gasteiger partial charge in [0.25, 0.3) is 5.91 Å². The van der Waals surface area contributed by atoms with E-state index < -0.39 is 0 Å². The van der Waals surface area contributed by atoms with Gasteiger partial charge in [-0.05, 0) is 47.7 Å². The molecule has 1 aromatic rings. The molecule has 1 aliphatic heterocycles. The molecule has 0 radical (unpaired) electrons. The maximum Gasteiger partial charge on any atom is 0.254 e. The van der Waals surface area contributed by atoms with Crippen LogP contribution in [-0.2, 0) is 0 Å². The summed E-state index contributed by atoms with van der Waals surface area (Å²) in [6, 6.07) is 2.13. The smallest absolute Gasteiger partial charge is 0.254 e. The van der Waals surface area contributed by atoms with Crippen LogP contribution in [0.4, 0.5) is 0 Å². The molecule has 6 heteroatoms. The van der Waals surface area contributed by atoms with Crippen LogP contribution in [-0.4, -0.2) is 29.9 Å². The Kier molecular flexibility index (Phi) is 6.11. The predicted molar refractivity (Wildman–Crippen MR) is 81.5 cm³/mol. The number of hydrogen-bond acceptors (Lipinski definition) is 3. The molecule has 1 unspecified atom stereocenters. The van der Waals surface area contributed by atoms with Gasteiger partial charge in [-0.3, -0.25) is 4.79 Å². The molecule has 0 aliphatic carbocycles. The van der Waals surface area contributed by atoms with E-state index in [0.717, 1.165) is 35.3 Å². The van der Waals surface area contributed by atoms with Gasteiger partial charge in [-0.2, -0.15) is 0 Å². The molecular formula is C12H18BrClN2OS. The van der Waals surface area contributed by atoms with Crippen molar-refractivity contribution in [2.24, 2.45) is 11.7 Å². The lowest BCUT2D eigenvalue weighted by atomic mass is 9.91. The predicted octanol–water partition coefficient (Wildman–Crippen LogP) is 3.13. The Morgan fingerprint density at radius 1 is 1.56 bits per heavy atom. The Bertz CT molecular complexity index is 403. The van der Waals surface area contributed by atoms with E-state index in [1.807, 2.05) is 16.3 Å². The summed E-state index contributed by atoms with van der Waals surface area (Å²) in [5, 5.41) is 1.91. The fraction of sp³-hybridized carbons (Fsp3) is 0.583. The number of hydrogen-bond donors (Lipinski definition) is 1. The Hall–Kier alpha value is -0.100. The van der Waals surface area contributed by atoms with Crippen molar-refractivity contribution in [2.45, 2.75) is 25.8 Å². The second-order valence-electron chi connectivity index (χ2n) is 4.63. The van der Waals surface area contributed by atoms with Crippen LogP contribution in [0.1, 0.15) is 30.1 Å². The molecule has 0 aromatic carbocycles. The van der Waals surface area contributed by atoms with Gasteiger partial charge in [0.1, 0.15) is 0 Å². The van der Waals surface area contributed by atoms with E-state index in [1.54, 1.807) is 11.3 Å². The summed E-state index contributed by atoms with van der Waals surface area (Å²) in [6.45, 7) is 3.72. The van der Waals surface area contributed by atoms with Crippen LogP contribution >= 0.6 is 39.7 Å². The summed E-state index contributed by atoms with van der Waals surface area (Å²) < 4.78 is 1.01. The quantitative estimate of drug-likeness (QED) is 0.888. The maximum absolute atomic E-state index is 12.2. The van der Waals surface area contributed by atoms with Crippen LogP contribution in [0.5, 0.6) is 0 Å². The van der Waals surface area contributed by atoms with Crippen LogP contribution in [0.2, 0.25) is 0 Å². The first-order valence-corrected chi connectivity index (χ1v) is 7.54. The Labute approximate surface area is 126 Å². The van der Waals surface area contributed by atoms with Crippen LogP contribution in [0.3, 0.4) is 0 Å². The van der Waals surface area contributed by atoms with Crippen molar-refractivity contribution in [1.29, 1.82) is 0 Å². The van der Waals surface area contributed by atoms with E-state index in [2.05, 4.69) is 22.9 Å². The largest absolute Gasteiger partial charge is 0.339 e. The summed E-state index contributed by atoms with van der Waals surface area (Å²) >= 11 is 4.94. The van der Waals surface area contributed by atoms with Gasteiger partial charge in [0.15, 0.2) is 0 Å². The van der Waals surface area contributed by atoms with Crippen molar-refractivity contribution in [3.63, 3.8) is 0 Å². The van der Waals surface area contributed by atoms with Gasteiger partial charge in [0.2, 0.25) is 0 Å². The summed E-state index contributed by atoms with van der Waals surface area (Å²) in [7, 11) is 0. The molecule has 1 atom stereocenters. The number of carbonyl (C=O) groups excluding carboxylic acids is 1. The van der Waals surface area contributed by atoms with Gasteiger partial charge in [0.05, 0.1) is 9.35 Å². The minimum absolute atomic E-state index is 0. The molecule has 3 nitrogen and oxygen atoms in total. The van der Waals surface area contributed by atoms with Crippen LogP contribution in [0, 0.1) is 5.92 Å². The second-order valence-corrected chi connectivity index (χ2v) is 6.92. The highest BCUT2D eigenvalue weighted by atomic mass is 79.9. The van der Waals surface area contributed by atoms with Gasteiger partial charge >= 0.3 is 0 Å². The molecule has 0 spiro atoms. The zero-order valence-corrected chi connectivity index (χ0v) is 13.5. The summed E-state index contributed by atoms with van der Waals surface area (Å²) in [4.78, 5) is 14.1. The van der Waals surface area contributed by atoms with E-state index in [4.69, 9.17) is 5.73 Å². The average Bonchev–Trinajstić information content (AvgIpc) is 2.75. The summed E-state index contributed by atoms with van der Waals surface area (Å²) in [6.07, 6.45) is 2.05. The van der Waals surface area contributed by atoms with Crippen LogP contribution < -0.4 is 5.73 Å². The molecule has 2 N–H and O–H groups in total. The molecular weight excluding hydrogens is 336 g/mol. The van der Waals surface area contributed by atoms with Gasteiger partial charge in [-0.25, -0.2) is 0 Å². The van der Waals surface area contributed by atoms with Crippen molar-refractivity contribution in [3.8, 4) is 0 Å². The summed E-state index contributed by atoms with van der Waals surface area (Å²) in [5.74, 6) is 0.711. The van der Waals surface area contributed by atoms with Crippen molar-refractivity contribution in [3.05, 3.63) is 20.8 Å². The van der Waals surface area contributed by atoms with E-state index >= 15 is 0 Å². The monoisotopic (exact) mass is 352 g/mol. The third-order valence-corrected chi connectivity index (χ3v) is 4.89. The number of amides is 1. The molecule has 18 heavy (non-hydrogen) atoms. The number of nitrogens with zero attached hydrogens (tertiary/aromatic N) is 1. The third kappa shape index (κ3) is 3.70. The maximum atomic E-state index is 12.2. The molecule has 0 saturated carbocycles. The standard InChI is InChI=1S/C12H17BrN2OS.ClH/c1-8(14)9-2-4-15(5-3-9)12(16)10-6-11(13)17-7-10;/h6-9H,2-5,14H2,1H3;1H. The molecule has 2 heterocycles. The summed E-state index contributed by atoms with van der Waals surface area (Å²) in [5.41, 5.74) is 6.69. The fourth-order valence-electron chi connectivity index (χ4n) is 2.23. The molecule has 1 amide bonds. The van der Waals surface area contributed by atoms with Gasteiger partial charge in [-0.1, -0.05) is 0 Å². The fourth-order valence-corrected chi connectivity index (χ4v) is 3.36. The lowest BCUT2D eigenvalue weighted by Gasteiger charge is -2.33. The number of nitrogens with two attached hydrogens (primary N) is 1. The SMILES string of the molecule is CC(N)C1CCN(C(=O)c2csc(Br)c2)CC1.Cl. The first kappa shape index (κ1) is 16.0. The van der Waals surface area contributed by atoms with E-state index in [9.17, 15) is 4.79 Å². The molecule has 1 fully saturated rings. The Balaban J connectivity index is 0.00000162. The third-order valence-electron chi connectivity index (χ3n) is 3.38. The molecule has 2 rings (SSSR count). The zero-order chi connectivity index (χ0) is 12.4. The molecule has 0 bridgehead atoms. The van der Waals surface area contributed by atoms with Gasteiger partial charge in [0, 0.05) is 24.5 Å². The molecule has 1 aliphatic rings. The minimum atomic E-state index is 0. The van der Waals surface area contributed by atoms with E-state index in [1.165, 1.54) is 0 Å². The van der Waals surface area contributed by atoms with Gasteiger partial charge in [-0.15, -0.1) is 23.7 Å². The number of carbonyl (C=O) groups is 1. The highest BCUT2D eigenvalue weighted by Crippen LogP contribution is 2.24. The number of rotatable bonds is 2. The van der Waals surface area contributed by atoms with Crippen molar-refractivity contribution in [2.75, 3.05) is 13.1 Å². The zero-order valence-electron chi connectivity index (χ0n) is 10.3. The van der Waals surface area contributed by atoms with Crippen molar-refractivity contribution in [1.82, 2.24) is 4.90 Å². The minimum Gasteiger partial charge on any atom is -0.339 e. The van der Waals surface area contributed by atoms with Crippen LogP contribution in [0.15, 0.2) is 15.2 Å². The average molecular weight is 354 g/mol. The van der Waals surface area contributed by atoms with Crippen molar-refractivity contribution >= 4 is 45.6 Å². The normalized spacial score (nSPS) is 18.3. The number of thiophene rings is 1. The lowest BCUT2D eigenvalue weighted by Crippen LogP contribution is -2.42. The highest BCUT2D eigenvalue weighted by Gasteiger charge is 2.25. The Morgan fingerprint density at radius 3 is 2.61 bits per heavy atom. The Morgan fingerprint density at radius 2 is 2.17 bits per heavy atom. The molecule has 102 valence electrons. The van der Waals surface area contributed by atoms with Crippen molar-refractivity contribution < 1.29 is 4.79 Å².